The number of hydrogen-bond donors (Lipinski definition) is 0. The van der Waals surface area contributed by atoms with E-state index in [9.17, 15) is 4.79 Å². The lowest BCUT2D eigenvalue weighted by molar-refractivity contribution is -0.118. The van der Waals surface area contributed by atoms with Crippen LogP contribution in [0.4, 0.5) is 5.69 Å². The fourth-order valence-electron chi connectivity index (χ4n) is 1.29. The SMILES string of the molecule is Cc1ccc(N(C)C(=O)CN(C)C)cc1. The van der Waals surface area contributed by atoms with Crippen molar-refractivity contribution in [2.75, 3.05) is 32.6 Å². The summed E-state index contributed by atoms with van der Waals surface area (Å²) in [5.41, 5.74) is 2.14. The fraction of sp³-hybridized carbons (Fsp3) is 0.417. The summed E-state index contributed by atoms with van der Waals surface area (Å²) in [5, 5.41) is 0. The Morgan fingerprint density at radius 1 is 1.13 bits per heavy atom. The summed E-state index contributed by atoms with van der Waals surface area (Å²) in [6.07, 6.45) is 0. The van der Waals surface area contributed by atoms with Gasteiger partial charge in [-0.1, -0.05) is 17.7 Å². The van der Waals surface area contributed by atoms with Gasteiger partial charge in [0.25, 0.3) is 0 Å². The Hall–Kier alpha value is -1.35. The molecule has 0 aliphatic rings. The molecule has 1 rings (SSSR count). The standard InChI is InChI=1S/C12H18N2O/c1-10-5-7-11(8-6-10)14(4)12(15)9-13(2)3/h5-8H,9H2,1-4H3. The van der Waals surface area contributed by atoms with Gasteiger partial charge in [0.15, 0.2) is 0 Å². The Bertz CT molecular complexity index is 330. The van der Waals surface area contributed by atoms with Gasteiger partial charge in [-0.2, -0.15) is 0 Å². The van der Waals surface area contributed by atoms with Gasteiger partial charge in [0.1, 0.15) is 0 Å². The van der Waals surface area contributed by atoms with Crippen LogP contribution >= 0.6 is 0 Å². The predicted molar refractivity (Wildman–Crippen MR) is 63.1 cm³/mol. The first-order valence-corrected chi connectivity index (χ1v) is 4.98. The maximum absolute atomic E-state index is 11.7. The molecule has 1 aromatic rings. The third kappa shape index (κ3) is 3.36. The molecule has 0 radical (unpaired) electrons. The van der Waals surface area contributed by atoms with Gasteiger partial charge in [-0.05, 0) is 33.2 Å². The lowest BCUT2D eigenvalue weighted by Crippen LogP contribution is -2.34. The smallest absolute Gasteiger partial charge is 0.240 e. The second kappa shape index (κ2) is 4.94. The number of carbonyl (C=O) groups is 1. The lowest BCUT2D eigenvalue weighted by atomic mass is 10.2. The molecule has 0 aromatic heterocycles. The van der Waals surface area contributed by atoms with Gasteiger partial charge in [0.05, 0.1) is 6.54 Å². The Morgan fingerprint density at radius 3 is 2.13 bits per heavy atom. The maximum atomic E-state index is 11.7. The van der Waals surface area contributed by atoms with Crippen LogP contribution in [0.1, 0.15) is 5.56 Å². The van der Waals surface area contributed by atoms with Crippen LogP contribution in [0.25, 0.3) is 0 Å². The van der Waals surface area contributed by atoms with Crippen LogP contribution in [0.5, 0.6) is 0 Å². The zero-order chi connectivity index (χ0) is 11.4. The van der Waals surface area contributed by atoms with Crippen LogP contribution in [0.2, 0.25) is 0 Å². The van der Waals surface area contributed by atoms with Crippen molar-refractivity contribution in [3.63, 3.8) is 0 Å². The molecule has 0 atom stereocenters. The second-order valence-corrected chi connectivity index (χ2v) is 4.03. The molecule has 1 amide bonds. The number of carbonyl (C=O) groups excluding carboxylic acids is 1. The molecule has 0 bridgehead atoms. The van der Waals surface area contributed by atoms with Gasteiger partial charge in [-0.25, -0.2) is 0 Å². The Kier molecular flexibility index (Phi) is 3.86. The van der Waals surface area contributed by atoms with E-state index in [0.29, 0.717) is 6.54 Å². The summed E-state index contributed by atoms with van der Waals surface area (Å²) in [4.78, 5) is 15.3. The Morgan fingerprint density at radius 2 is 1.67 bits per heavy atom. The van der Waals surface area contributed by atoms with E-state index < -0.39 is 0 Å². The first kappa shape index (κ1) is 11.7. The number of amides is 1. The average Bonchev–Trinajstić information content (AvgIpc) is 2.17. The molecule has 0 fully saturated rings. The molecule has 0 unspecified atom stereocenters. The van der Waals surface area contributed by atoms with E-state index >= 15 is 0 Å². The number of hydrogen-bond acceptors (Lipinski definition) is 2. The van der Waals surface area contributed by atoms with Crippen molar-refractivity contribution in [2.45, 2.75) is 6.92 Å². The van der Waals surface area contributed by atoms with Crippen LogP contribution in [-0.2, 0) is 4.79 Å². The largest absolute Gasteiger partial charge is 0.314 e. The van der Waals surface area contributed by atoms with E-state index in [0.717, 1.165) is 5.69 Å². The van der Waals surface area contributed by atoms with Crippen molar-refractivity contribution in [3.05, 3.63) is 29.8 Å². The van der Waals surface area contributed by atoms with E-state index in [4.69, 9.17) is 0 Å². The second-order valence-electron chi connectivity index (χ2n) is 4.03. The molecule has 3 heteroatoms. The van der Waals surface area contributed by atoms with Gasteiger partial charge < -0.3 is 9.80 Å². The third-order valence-corrected chi connectivity index (χ3v) is 2.25. The minimum atomic E-state index is 0.101. The minimum Gasteiger partial charge on any atom is -0.314 e. The van der Waals surface area contributed by atoms with Gasteiger partial charge in [-0.3, -0.25) is 4.79 Å². The Labute approximate surface area is 91.3 Å². The van der Waals surface area contributed by atoms with Crippen molar-refractivity contribution >= 4 is 11.6 Å². The molecule has 0 saturated heterocycles. The molecular weight excluding hydrogens is 188 g/mol. The van der Waals surface area contributed by atoms with E-state index in [1.807, 2.05) is 50.2 Å². The molecule has 3 nitrogen and oxygen atoms in total. The third-order valence-electron chi connectivity index (χ3n) is 2.25. The van der Waals surface area contributed by atoms with E-state index in [2.05, 4.69) is 0 Å². The highest BCUT2D eigenvalue weighted by atomic mass is 16.2. The van der Waals surface area contributed by atoms with Gasteiger partial charge in [-0.15, -0.1) is 0 Å². The first-order valence-electron chi connectivity index (χ1n) is 4.98. The number of likely N-dealkylation sites (N-methyl/N-ethyl adjacent to an activating group) is 2. The number of rotatable bonds is 3. The highest BCUT2D eigenvalue weighted by molar-refractivity contribution is 5.94. The van der Waals surface area contributed by atoms with Gasteiger partial charge >= 0.3 is 0 Å². The number of anilines is 1. The molecule has 0 aliphatic heterocycles. The predicted octanol–water partition coefficient (Wildman–Crippen LogP) is 1.52. The van der Waals surface area contributed by atoms with E-state index in [1.165, 1.54) is 5.56 Å². The molecule has 0 heterocycles. The molecule has 0 N–H and O–H groups in total. The number of aryl methyl sites for hydroxylation is 1. The summed E-state index contributed by atoms with van der Waals surface area (Å²) in [5.74, 6) is 0.101. The lowest BCUT2D eigenvalue weighted by Gasteiger charge is -2.19. The van der Waals surface area contributed by atoms with Crippen LogP contribution in [0, 0.1) is 6.92 Å². The van der Waals surface area contributed by atoms with Gasteiger partial charge in [0.2, 0.25) is 5.91 Å². The normalized spacial score (nSPS) is 10.5. The highest BCUT2D eigenvalue weighted by Crippen LogP contribution is 2.13. The highest BCUT2D eigenvalue weighted by Gasteiger charge is 2.10. The molecule has 1 aromatic carbocycles. The first-order chi connectivity index (χ1) is 7.00. The van der Waals surface area contributed by atoms with Crippen LogP contribution in [-0.4, -0.2) is 38.5 Å². The Balaban J connectivity index is 2.71. The summed E-state index contributed by atoms with van der Waals surface area (Å²) in [6.45, 7) is 2.47. The topological polar surface area (TPSA) is 23.6 Å². The van der Waals surface area contributed by atoms with Crippen molar-refractivity contribution in [1.29, 1.82) is 0 Å². The maximum Gasteiger partial charge on any atom is 0.240 e. The molecule has 0 spiro atoms. The quantitative estimate of drug-likeness (QED) is 0.748. The number of benzene rings is 1. The van der Waals surface area contributed by atoms with E-state index in [-0.39, 0.29) is 5.91 Å². The number of nitrogens with zero attached hydrogens (tertiary/aromatic N) is 2. The van der Waals surface area contributed by atoms with Crippen LogP contribution < -0.4 is 4.90 Å². The fourth-order valence-corrected chi connectivity index (χ4v) is 1.29. The van der Waals surface area contributed by atoms with E-state index in [1.54, 1.807) is 11.9 Å². The van der Waals surface area contributed by atoms with Crippen LogP contribution in [0.3, 0.4) is 0 Å². The molecular formula is C12H18N2O. The monoisotopic (exact) mass is 206 g/mol. The molecule has 0 aliphatic carbocycles. The van der Waals surface area contributed by atoms with Gasteiger partial charge in [0, 0.05) is 12.7 Å². The summed E-state index contributed by atoms with van der Waals surface area (Å²) in [6, 6.07) is 7.94. The summed E-state index contributed by atoms with van der Waals surface area (Å²) < 4.78 is 0. The van der Waals surface area contributed by atoms with Crippen molar-refractivity contribution in [1.82, 2.24) is 4.90 Å². The zero-order valence-corrected chi connectivity index (χ0v) is 9.82. The summed E-state index contributed by atoms with van der Waals surface area (Å²) in [7, 11) is 5.58. The average molecular weight is 206 g/mol. The van der Waals surface area contributed by atoms with Crippen molar-refractivity contribution in [3.8, 4) is 0 Å². The minimum absolute atomic E-state index is 0.101. The van der Waals surface area contributed by atoms with Crippen LogP contribution in [0.15, 0.2) is 24.3 Å². The molecule has 82 valence electrons. The molecule has 15 heavy (non-hydrogen) atoms. The zero-order valence-electron chi connectivity index (χ0n) is 9.82. The summed E-state index contributed by atoms with van der Waals surface area (Å²) >= 11 is 0. The molecule has 0 saturated carbocycles. The van der Waals surface area contributed by atoms with Crippen molar-refractivity contribution in [2.24, 2.45) is 0 Å². The van der Waals surface area contributed by atoms with Crippen molar-refractivity contribution < 1.29 is 4.79 Å².